The number of fused-ring (bicyclic) bond motifs is 1. The minimum absolute atomic E-state index is 0.102. The predicted octanol–water partition coefficient (Wildman–Crippen LogP) is 6.98. The second-order valence-electron chi connectivity index (χ2n) is 7.96. The van der Waals surface area contributed by atoms with Gasteiger partial charge in [-0.1, -0.05) is 32.8 Å². The fourth-order valence-corrected chi connectivity index (χ4v) is 6.37. The monoisotopic (exact) mass is 414 g/mol. The van der Waals surface area contributed by atoms with Crippen LogP contribution in [0.15, 0.2) is 22.4 Å². The molecule has 0 saturated carbocycles. The number of hydrogen-bond donors (Lipinski definition) is 1. The van der Waals surface area contributed by atoms with Crippen LogP contribution in [0.4, 0.5) is 0 Å². The van der Waals surface area contributed by atoms with Crippen molar-refractivity contribution in [3.05, 3.63) is 50.9 Å². The summed E-state index contributed by atoms with van der Waals surface area (Å²) >= 11 is 3.45. The molecule has 0 unspecified atom stereocenters. The number of phenols is 1. The maximum absolute atomic E-state index is 13.0. The van der Waals surface area contributed by atoms with Crippen LogP contribution in [0.2, 0.25) is 0 Å². The summed E-state index contributed by atoms with van der Waals surface area (Å²) in [7, 11) is 0. The third-order valence-corrected chi connectivity index (χ3v) is 8.84. The van der Waals surface area contributed by atoms with E-state index in [1.165, 1.54) is 34.6 Å². The minimum Gasteiger partial charge on any atom is -0.507 e. The second kappa shape index (κ2) is 8.46. The first-order chi connectivity index (χ1) is 13.3. The van der Waals surface area contributed by atoms with Crippen LogP contribution < -0.4 is 0 Å². The molecule has 3 rings (SSSR count). The van der Waals surface area contributed by atoms with E-state index in [-0.39, 0.29) is 5.78 Å². The summed E-state index contributed by atoms with van der Waals surface area (Å²) < 4.78 is 1.31. The molecule has 1 aliphatic carbocycles. The van der Waals surface area contributed by atoms with E-state index in [1.807, 2.05) is 32.1 Å². The van der Waals surface area contributed by atoms with Crippen LogP contribution in [0.3, 0.4) is 0 Å². The first-order valence-corrected chi connectivity index (χ1v) is 12.1. The number of hydrogen-bond acceptors (Lipinski definition) is 4. The summed E-state index contributed by atoms with van der Waals surface area (Å²) in [6.45, 7) is 8.37. The SMILES string of the molecule is CCC1(CC)CCc2c(C(=O)C=Cc3cc(C)c(O)c(C)c3)sc(SC)c2C1. The smallest absolute Gasteiger partial charge is 0.196 e. The molecule has 4 heteroatoms. The fraction of sp³-hybridized carbons (Fsp3) is 0.458. The van der Waals surface area contributed by atoms with Gasteiger partial charge in [-0.25, -0.2) is 0 Å². The van der Waals surface area contributed by atoms with E-state index in [0.29, 0.717) is 11.2 Å². The quantitative estimate of drug-likeness (QED) is 0.315. The minimum atomic E-state index is 0.102. The highest BCUT2D eigenvalue weighted by Gasteiger charge is 2.35. The van der Waals surface area contributed by atoms with Gasteiger partial charge < -0.3 is 5.11 Å². The number of thiophene rings is 1. The molecule has 0 amide bonds. The molecule has 0 aliphatic heterocycles. The van der Waals surface area contributed by atoms with Gasteiger partial charge in [0.1, 0.15) is 5.75 Å². The molecule has 1 heterocycles. The van der Waals surface area contributed by atoms with E-state index in [9.17, 15) is 9.90 Å². The molecule has 0 spiro atoms. The lowest BCUT2D eigenvalue weighted by atomic mass is 9.69. The Kier molecular flexibility index (Phi) is 6.41. The van der Waals surface area contributed by atoms with Crippen LogP contribution in [-0.2, 0) is 12.8 Å². The number of allylic oxidation sites excluding steroid dienone is 1. The Morgan fingerprint density at radius 1 is 1.21 bits per heavy atom. The van der Waals surface area contributed by atoms with E-state index in [2.05, 4.69) is 20.1 Å². The molecule has 1 aromatic heterocycles. The largest absolute Gasteiger partial charge is 0.507 e. The summed E-state index contributed by atoms with van der Waals surface area (Å²) in [6, 6.07) is 3.83. The van der Waals surface area contributed by atoms with Crippen molar-refractivity contribution in [1.82, 2.24) is 0 Å². The first-order valence-electron chi connectivity index (χ1n) is 10.0. The first kappa shape index (κ1) is 21.2. The van der Waals surface area contributed by atoms with Crippen molar-refractivity contribution in [2.45, 2.75) is 64.0 Å². The standard InChI is InChI=1S/C24H30O2S2/c1-6-24(7-2)11-10-18-19(14-24)23(27-5)28-22(18)20(25)9-8-17-12-15(3)21(26)16(4)13-17/h8-9,12-13,26H,6-7,10-11,14H2,1-5H3. The van der Waals surface area contributed by atoms with Crippen molar-refractivity contribution in [1.29, 1.82) is 0 Å². The normalized spacial score (nSPS) is 15.8. The lowest BCUT2D eigenvalue weighted by Crippen LogP contribution is -2.27. The fourth-order valence-electron chi connectivity index (χ4n) is 4.32. The van der Waals surface area contributed by atoms with E-state index >= 15 is 0 Å². The number of phenolic OH excluding ortho intramolecular Hbond substituents is 1. The van der Waals surface area contributed by atoms with Gasteiger partial charge in [-0.3, -0.25) is 4.79 Å². The molecule has 1 aliphatic rings. The Bertz CT molecular complexity index is 894. The third kappa shape index (κ3) is 3.95. The van der Waals surface area contributed by atoms with Gasteiger partial charge in [0.2, 0.25) is 0 Å². The molecular formula is C24H30O2S2. The van der Waals surface area contributed by atoms with Crippen molar-refractivity contribution < 1.29 is 9.90 Å². The van der Waals surface area contributed by atoms with Gasteiger partial charge in [-0.05, 0) is 90.8 Å². The van der Waals surface area contributed by atoms with Crippen molar-refractivity contribution in [2.75, 3.05) is 6.26 Å². The number of aromatic hydroxyl groups is 1. The molecule has 0 radical (unpaired) electrons. The van der Waals surface area contributed by atoms with Crippen LogP contribution in [0.1, 0.15) is 70.6 Å². The molecule has 0 saturated heterocycles. The Hall–Kier alpha value is -1.52. The summed E-state index contributed by atoms with van der Waals surface area (Å²) in [5.41, 5.74) is 5.74. The zero-order valence-corrected chi connectivity index (χ0v) is 19.1. The van der Waals surface area contributed by atoms with Crippen LogP contribution in [0, 0.1) is 19.3 Å². The molecule has 150 valence electrons. The Labute approximate surface area is 177 Å². The molecule has 28 heavy (non-hydrogen) atoms. The molecular weight excluding hydrogens is 384 g/mol. The average Bonchev–Trinajstić information content (AvgIpc) is 3.07. The third-order valence-electron chi connectivity index (χ3n) is 6.39. The highest BCUT2D eigenvalue weighted by molar-refractivity contribution is 8.00. The molecule has 0 bridgehead atoms. The lowest BCUT2D eigenvalue weighted by molar-refractivity contribution is 0.104. The molecule has 2 aromatic rings. The maximum Gasteiger partial charge on any atom is 0.196 e. The summed E-state index contributed by atoms with van der Waals surface area (Å²) in [5, 5.41) is 9.94. The van der Waals surface area contributed by atoms with Crippen LogP contribution in [-0.4, -0.2) is 17.1 Å². The van der Waals surface area contributed by atoms with Crippen LogP contribution >= 0.6 is 23.1 Å². The number of carbonyl (C=O) groups is 1. The van der Waals surface area contributed by atoms with Crippen molar-refractivity contribution >= 4 is 35.0 Å². The number of carbonyl (C=O) groups excluding carboxylic acids is 1. The van der Waals surface area contributed by atoms with Gasteiger partial charge in [0.25, 0.3) is 0 Å². The van der Waals surface area contributed by atoms with Gasteiger partial charge >= 0.3 is 0 Å². The Morgan fingerprint density at radius 3 is 2.43 bits per heavy atom. The number of rotatable bonds is 6. The highest BCUT2D eigenvalue weighted by Crippen LogP contribution is 2.47. The van der Waals surface area contributed by atoms with Crippen molar-refractivity contribution in [3.63, 3.8) is 0 Å². The Morgan fingerprint density at radius 2 is 1.86 bits per heavy atom. The highest BCUT2D eigenvalue weighted by atomic mass is 32.2. The van der Waals surface area contributed by atoms with Crippen molar-refractivity contribution in [3.8, 4) is 5.75 Å². The van der Waals surface area contributed by atoms with E-state index in [1.54, 1.807) is 29.2 Å². The van der Waals surface area contributed by atoms with Gasteiger partial charge in [-0.2, -0.15) is 0 Å². The summed E-state index contributed by atoms with van der Waals surface area (Å²) in [6.07, 6.45) is 11.4. The van der Waals surface area contributed by atoms with E-state index < -0.39 is 0 Å². The molecule has 1 aromatic carbocycles. The number of benzene rings is 1. The van der Waals surface area contributed by atoms with Crippen LogP contribution in [0.5, 0.6) is 5.75 Å². The second-order valence-corrected chi connectivity index (χ2v) is 10.1. The van der Waals surface area contributed by atoms with E-state index in [4.69, 9.17) is 0 Å². The predicted molar refractivity (Wildman–Crippen MR) is 122 cm³/mol. The summed E-state index contributed by atoms with van der Waals surface area (Å²) in [5.74, 6) is 0.432. The zero-order chi connectivity index (χ0) is 20.5. The average molecular weight is 415 g/mol. The molecule has 0 atom stereocenters. The number of thioether (sulfide) groups is 1. The van der Waals surface area contributed by atoms with Gasteiger partial charge in [0.05, 0.1) is 9.09 Å². The van der Waals surface area contributed by atoms with Crippen LogP contribution in [0.25, 0.3) is 6.08 Å². The zero-order valence-electron chi connectivity index (χ0n) is 17.5. The molecule has 1 N–H and O–H groups in total. The topological polar surface area (TPSA) is 37.3 Å². The van der Waals surface area contributed by atoms with Gasteiger partial charge in [-0.15, -0.1) is 23.1 Å². The number of ketones is 1. The lowest BCUT2D eigenvalue weighted by Gasteiger charge is -2.36. The summed E-state index contributed by atoms with van der Waals surface area (Å²) in [4.78, 5) is 13.9. The number of aryl methyl sites for hydroxylation is 2. The maximum atomic E-state index is 13.0. The van der Waals surface area contributed by atoms with Gasteiger partial charge in [0.15, 0.2) is 5.78 Å². The Balaban J connectivity index is 1.91. The molecule has 0 fully saturated rings. The van der Waals surface area contributed by atoms with Crippen molar-refractivity contribution in [2.24, 2.45) is 5.41 Å². The molecule has 2 nitrogen and oxygen atoms in total. The van der Waals surface area contributed by atoms with E-state index in [0.717, 1.165) is 34.4 Å². The van der Waals surface area contributed by atoms with Gasteiger partial charge in [0, 0.05) is 0 Å².